The molecule has 0 aliphatic rings. The van der Waals surface area contributed by atoms with E-state index in [1.165, 1.54) is 0 Å². The third-order valence-corrected chi connectivity index (χ3v) is 2.85. The minimum Gasteiger partial charge on any atom is -0.350 e. The van der Waals surface area contributed by atoms with Crippen molar-refractivity contribution in [3.05, 3.63) is 35.9 Å². The third kappa shape index (κ3) is 7.72. The highest BCUT2D eigenvalue weighted by atomic mass is 16.1. The second kappa shape index (κ2) is 10.2. The van der Waals surface area contributed by atoms with E-state index in [-0.39, 0.29) is 23.7 Å². The van der Waals surface area contributed by atoms with Crippen LogP contribution in [0.25, 0.3) is 0 Å². The van der Waals surface area contributed by atoms with Gasteiger partial charge in [0.05, 0.1) is 6.04 Å². The van der Waals surface area contributed by atoms with Crippen molar-refractivity contribution in [2.24, 2.45) is 5.92 Å². The van der Waals surface area contributed by atoms with Gasteiger partial charge in [0.1, 0.15) is 5.78 Å². The summed E-state index contributed by atoms with van der Waals surface area (Å²) in [6.07, 6.45) is 0.865. The first-order chi connectivity index (χ1) is 9.49. The smallest absolute Gasteiger partial charge is 0.220 e. The average molecular weight is 277 g/mol. The predicted octanol–water partition coefficient (Wildman–Crippen LogP) is 3.90. The summed E-state index contributed by atoms with van der Waals surface area (Å²) >= 11 is 0. The molecule has 0 aromatic heterocycles. The van der Waals surface area contributed by atoms with Crippen LogP contribution in [0.1, 0.15) is 59.1 Å². The van der Waals surface area contributed by atoms with Gasteiger partial charge in [0, 0.05) is 12.8 Å². The Morgan fingerprint density at radius 2 is 1.60 bits per heavy atom. The molecule has 2 atom stereocenters. The van der Waals surface area contributed by atoms with E-state index in [1.54, 1.807) is 6.92 Å². The second-order valence-electron chi connectivity index (χ2n) is 4.92. The fraction of sp³-hybridized carbons (Fsp3) is 0.529. The highest BCUT2D eigenvalue weighted by molar-refractivity contribution is 5.79. The minimum absolute atomic E-state index is 0.0000954. The molecule has 0 saturated heterocycles. The van der Waals surface area contributed by atoms with Gasteiger partial charge in [-0.1, -0.05) is 51.1 Å². The number of Topliss-reactive ketones (excluding diaryl/α,β-unsaturated/α-hetero) is 1. The summed E-state index contributed by atoms with van der Waals surface area (Å²) in [4.78, 5) is 22.7. The molecular formula is C17H27NO2. The highest BCUT2D eigenvalue weighted by Crippen LogP contribution is 2.13. The first kappa shape index (κ1) is 18.4. The number of nitrogens with one attached hydrogen (secondary N) is 1. The van der Waals surface area contributed by atoms with Gasteiger partial charge in [-0.15, -0.1) is 0 Å². The zero-order valence-corrected chi connectivity index (χ0v) is 13.3. The number of carbonyl (C=O) groups is 2. The summed E-state index contributed by atoms with van der Waals surface area (Å²) in [5.74, 6) is 0.233. The molecule has 0 saturated carbocycles. The lowest BCUT2D eigenvalue weighted by molar-refractivity contribution is -0.123. The van der Waals surface area contributed by atoms with Crippen LogP contribution in [0.5, 0.6) is 0 Å². The van der Waals surface area contributed by atoms with Crippen LogP contribution in [0.4, 0.5) is 0 Å². The largest absolute Gasteiger partial charge is 0.350 e. The lowest BCUT2D eigenvalue weighted by atomic mass is 10.0. The number of benzene rings is 1. The van der Waals surface area contributed by atoms with E-state index in [0.29, 0.717) is 12.8 Å². The van der Waals surface area contributed by atoms with Gasteiger partial charge in [-0.25, -0.2) is 0 Å². The molecular weight excluding hydrogens is 250 g/mol. The molecule has 0 aliphatic heterocycles. The Bertz CT molecular complexity index is 401. The van der Waals surface area contributed by atoms with E-state index < -0.39 is 0 Å². The van der Waals surface area contributed by atoms with Gasteiger partial charge in [0.15, 0.2) is 0 Å². The molecule has 1 aromatic carbocycles. The molecule has 0 bridgehead atoms. The molecule has 0 fully saturated rings. The van der Waals surface area contributed by atoms with Gasteiger partial charge >= 0.3 is 0 Å². The summed E-state index contributed by atoms with van der Waals surface area (Å²) in [6, 6.07) is 9.84. The minimum atomic E-state index is 0.0000954. The van der Waals surface area contributed by atoms with E-state index in [2.05, 4.69) is 5.32 Å². The van der Waals surface area contributed by atoms with E-state index in [9.17, 15) is 9.59 Å². The topological polar surface area (TPSA) is 46.2 Å². The maximum atomic E-state index is 11.8. The molecule has 0 heterocycles. The molecule has 0 radical (unpaired) electrons. The Balaban J connectivity index is 0.00000172. The maximum absolute atomic E-state index is 11.8. The number of rotatable bonds is 6. The quantitative estimate of drug-likeness (QED) is 0.857. The highest BCUT2D eigenvalue weighted by Gasteiger charge is 2.13. The molecule has 0 unspecified atom stereocenters. The summed E-state index contributed by atoms with van der Waals surface area (Å²) in [5, 5.41) is 2.95. The Morgan fingerprint density at radius 3 is 2.10 bits per heavy atom. The molecule has 1 N–H and O–H groups in total. The van der Waals surface area contributed by atoms with Crippen molar-refractivity contribution in [3.63, 3.8) is 0 Å². The van der Waals surface area contributed by atoms with Gasteiger partial charge in [0.25, 0.3) is 0 Å². The maximum Gasteiger partial charge on any atom is 0.220 e. The van der Waals surface area contributed by atoms with Crippen molar-refractivity contribution in [3.8, 4) is 0 Å². The van der Waals surface area contributed by atoms with E-state index in [1.807, 2.05) is 58.0 Å². The second-order valence-corrected chi connectivity index (χ2v) is 4.92. The van der Waals surface area contributed by atoms with Crippen LogP contribution in [0.15, 0.2) is 30.3 Å². The summed E-state index contributed by atoms with van der Waals surface area (Å²) in [7, 11) is 0. The Morgan fingerprint density at radius 1 is 1.05 bits per heavy atom. The average Bonchev–Trinajstić information content (AvgIpc) is 2.40. The number of carbonyl (C=O) groups excluding carboxylic acids is 2. The fourth-order valence-corrected chi connectivity index (χ4v) is 2.00. The standard InChI is InChI=1S/C15H21NO2.C2H6/c1-11(9-12(2)17)10-15(18)16-13(3)14-7-5-4-6-8-14;1-2/h4-8,11,13H,9-10H2,1-3H3,(H,16,18);1-2H3/t11-,13+;/m1./s1. The monoisotopic (exact) mass is 277 g/mol. The van der Waals surface area contributed by atoms with Crippen LogP contribution in [-0.4, -0.2) is 11.7 Å². The van der Waals surface area contributed by atoms with Crippen LogP contribution in [-0.2, 0) is 9.59 Å². The van der Waals surface area contributed by atoms with E-state index in [4.69, 9.17) is 0 Å². The van der Waals surface area contributed by atoms with Crippen molar-refractivity contribution in [2.75, 3.05) is 0 Å². The van der Waals surface area contributed by atoms with Crippen molar-refractivity contribution >= 4 is 11.7 Å². The van der Waals surface area contributed by atoms with E-state index in [0.717, 1.165) is 5.56 Å². The summed E-state index contributed by atoms with van der Waals surface area (Å²) in [5.41, 5.74) is 1.09. The molecule has 3 nitrogen and oxygen atoms in total. The lowest BCUT2D eigenvalue weighted by Crippen LogP contribution is -2.28. The first-order valence-corrected chi connectivity index (χ1v) is 7.32. The normalized spacial score (nSPS) is 12.7. The predicted molar refractivity (Wildman–Crippen MR) is 83.4 cm³/mol. The molecule has 1 aromatic rings. The fourth-order valence-electron chi connectivity index (χ4n) is 2.00. The van der Waals surface area contributed by atoms with Gasteiger partial charge < -0.3 is 10.1 Å². The third-order valence-electron chi connectivity index (χ3n) is 2.85. The zero-order valence-electron chi connectivity index (χ0n) is 13.3. The molecule has 1 amide bonds. The lowest BCUT2D eigenvalue weighted by Gasteiger charge is -2.16. The number of amides is 1. The van der Waals surface area contributed by atoms with Gasteiger partial charge in [-0.2, -0.15) is 0 Å². The molecule has 3 heteroatoms. The van der Waals surface area contributed by atoms with Crippen LogP contribution >= 0.6 is 0 Å². The van der Waals surface area contributed by atoms with Gasteiger partial charge in [-0.3, -0.25) is 4.79 Å². The van der Waals surface area contributed by atoms with E-state index >= 15 is 0 Å². The number of ketones is 1. The van der Waals surface area contributed by atoms with Gasteiger partial charge in [-0.05, 0) is 25.3 Å². The first-order valence-electron chi connectivity index (χ1n) is 7.32. The Labute approximate surface area is 122 Å². The SMILES string of the molecule is CC.CC(=O)C[C@@H](C)CC(=O)N[C@@H](C)c1ccccc1. The van der Waals surface area contributed by atoms with Gasteiger partial charge in [0.2, 0.25) is 5.91 Å². The number of hydrogen-bond acceptors (Lipinski definition) is 2. The van der Waals surface area contributed by atoms with Crippen molar-refractivity contribution in [1.29, 1.82) is 0 Å². The van der Waals surface area contributed by atoms with Crippen molar-refractivity contribution in [2.45, 2.75) is 53.5 Å². The van der Waals surface area contributed by atoms with Crippen LogP contribution in [0.2, 0.25) is 0 Å². The Hall–Kier alpha value is -1.64. The molecule has 0 aliphatic carbocycles. The Kier molecular flexibility index (Phi) is 9.35. The van der Waals surface area contributed by atoms with Crippen molar-refractivity contribution < 1.29 is 9.59 Å². The van der Waals surface area contributed by atoms with Crippen LogP contribution < -0.4 is 5.32 Å². The molecule has 20 heavy (non-hydrogen) atoms. The molecule has 0 spiro atoms. The van der Waals surface area contributed by atoms with Crippen LogP contribution in [0, 0.1) is 5.92 Å². The number of hydrogen-bond donors (Lipinski definition) is 1. The van der Waals surface area contributed by atoms with Crippen molar-refractivity contribution in [1.82, 2.24) is 5.32 Å². The summed E-state index contributed by atoms with van der Waals surface area (Å²) < 4.78 is 0. The molecule has 112 valence electrons. The molecule has 1 rings (SSSR count). The summed E-state index contributed by atoms with van der Waals surface area (Å²) in [6.45, 7) is 9.44. The van der Waals surface area contributed by atoms with Crippen LogP contribution in [0.3, 0.4) is 0 Å². The zero-order chi connectivity index (χ0) is 15.5.